The number of ether oxygens (including phenoxy) is 1. The van der Waals surface area contributed by atoms with Crippen LogP contribution in [0.3, 0.4) is 0 Å². The maximum absolute atomic E-state index is 5.29. The van der Waals surface area contributed by atoms with E-state index in [1.54, 1.807) is 0 Å². The maximum Gasteiger partial charge on any atom is 0.0945 e. The van der Waals surface area contributed by atoms with Gasteiger partial charge >= 0.3 is 0 Å². The molecule has 1 aliphatic heterocycles. The van der Waals surface area contributed by atoms with E-state index in [1.165, 1.54) is 5.69 Å². The predicted octanol–water partition coefficient (Wildman–Crippen LogP) is 0.252. The Morgan fingerprint density at radius 2 is 2.23 bits per heavy atom. The molecule has 0 aromatic carbocycles. The van der Waals surface area contributed by atoms with Gasteiger partial charge in [0.1, 0.15) is 0 Å². The molecule has 0 unspecified atom stereocenters. The van der Waals surface area contributed by atoms with Gasteiger partial charge in [-0.15, -0.1) is 0 Å². The van der Waals surface area contributed by atoms with Gasteiger partial charge in [0.15, 0.2) is 0 Å². The van der Waals surface area contributed by atoms with Crippen molar-refractivity contribution in [3.63, 3.8) is 0 Å². The molecular formula is C9H15N3O. The van der Waals surface area contributed by atoms with Crippen LogP contribution in [0.5, 0.6) is 0 Å². The highest BCUT2D eigenvalue weighted by molar-refractivity contribution is 4.97. The molecule has 1 saturated heterocycles. The molecule has 0 aliphatic carbocycles. The minimum Gasteiger partial charge on any atom is -0.379 e. The van der Waals surface area contributed by atoms with Gasteiger partial charge in [0, 0.05) is 32.9 Å². The van der Waals surface area contributed by atoms with E-state index in [9.17, 15) is 0 Å². The summed E-state index contributed by atoms with van der Waals surface area (Å²) in [5.41, 5.74) is 1.27. The fourth-order valence-corrected chi connectivity index (χ4v) is 1.53. The van der Waals surface area contributed by atoms with Crippen LogP contribution in [-0.4, -0.2) is 40.8 Å². The van der Waals surface area contributed by atoms with Crippen molar-refractivity contribution in [2.45, 2.75) is 6.54 Å². The van der Waals surface area contributed by atoms with Gasteiger partial charge in [-0.3, -0.25) is 4.90 Å². The Hall–Kier alpha value is -0.870. The lowest BCUT2D eigenvalue weighted by Crippen LogP contribution is -2.36. The number of morpholine rings is 1. The van der Waals surface area contributed by atoms with Crippen LogP contribution in [0.1, 0.15) is 5.69 Å². The Morgan fingerprint density at radius 3 is 2.85 bits per heavy atom. The molecule has 1 aromatic heterocycles. The first-order valence-electron chi connectivity index (χ1n) is 4.61. The second kappa shape index (κ2) is 3.89. The molecule has 0 bridgehead atoms. The highest BCUT2D eigenvalue weighted by Gasteiger charge is 2.11. The molecule has 1 fully saturated rings. The van der Waals surface area contributed by atoms with Crippen molar-refractivity contribution in [1.82, 2.24) is 14.5 Å². The second-order valence-electron chi connectivity index (χ2n) is 3.38. The fourth-order valence-electron chi connectivity index (χ4n) is 1.53. The Morgan fingerprint density at radius 1 is 1.46 bits per heavy atom. The quantitative estimate of drug-likeness (QED) is 0.655. The molecule has 0 radical (unpaired) electrons. The molecule has 0 amide bonds. The van der Waals surface area contributed by atoms with Gasteiger partial charge in [-0.1, -0.05) is 0 Å². The number of nitrogens with zero attached hydrogens (tertiary/aromatic N) is 3. The Labute approximate surface area is 78.1 Å². The van der Waals surface area contributed by atoms with Crippen LogP contribution in [0.25, 0.3) is 0 Å². The van der Waals surface area contributed by atoms with Crippen molar-refractivity contribution in [2.24, 2.45) is 7.05 Å². The normalized spacial score (nSPS) is 19.2. The number of imidazole rings is 1. The zero-order valence-electron chi connectivity index (χ0n) is 7.94. The summed E-state index contributed by atoms with van der Waals surface area (Å²) in [6, 6.07) is 0. The summed E-state index contributed by atoms with van der Waals surface area (Å²) in [7, 11) is 2.03. The molecular weight excluding hydrogens is 166 g/mol. The standard InChI is InChI=1S/C9H15N3O/c1-11-8-10-6-9(11)7-12-2-4-13-5-3-12/h6,8H,2-5,7H2,1H3. The van der Waals surface area contributed by atoms with Crippen LogP contribution < -0.4 is 0 Å². The van der Waals surface area contributed by atoms with Crippen LogP contribution >= 0.6 is 0 Å². The number of hydrogen-bond donors (Lipinski definition) is 0. The molecule has 0 saturated carbocycles. The first kappa shape index (κ1) is 8.72. The summed E-state index contributed by atoms with van der Waals surface area (Å²) < 4.78 is 7.35. The first-order valence-corrected chi connectivity index (χ1v) is 4.61. The number of hydrogen-bond acceptors (Lipinski definition) is 3. The summed E-state index contributed by atoms with van der Waals surface area (Å²) in [6.07, 6.45) is 3.77. The van der Waals surface area contributed by atoms with Crippen LogP contribution in [0.2, 0.25) is 0 Å². The molecule has 2 heterocycles. The molecule has 0 atom stereocenters. The second-order valence-corrected chi connectivity index (χ2v) is 3.38. The van der Waals surface area contributed by atoms with Crippen molar-refractivity contribution in [3.8, 4) is 0 Å². The summed E-state index contributed by atoms with van der Waals surface area (Å²) >= 11 is 0. The Kier molecular flexibility index (Phi) is 2.61. The molecule has 1 aromatic rings. The van der Waals surface area contributed by atoms with E-state index in [0.29, 0.717) is 0 Å². The average molecular weight is 181 g/mol. The van der Waals surface area contributed by atoms with Crippen molar-refractivity contribution in [2.75, 3.05) is 26.3 Å². The van der Waals surface area contributed by atoms with E-state index >= 15 is 0 Å². The van der Waals surface area contributed by atoms with Crippen molar-refractivity contribution >= 4 is 0 Å². The van der Waals surface area contributed by atoms with Crippen LogP contribution in [-0.2, 0) is 18.3 Å². The average Bonchev–Trinajstić information content (AvgIpc) is 2.54. The largest absolute Gasteiger partial charge is 0.379 e. The van der Waals surface area contributed by atoms with E-state index in [0.717, 1.165) is 32.8 Å². The minimum atomic E-state index is 0.859. The SMILES string of the molecule is Cn1cncc1CN1CCOCC1. The number of rotatable bonds is 2. The van der Waals surface area contributed by atoms with Crippen LogP contribution in [0.15, 0.2) is 12.5 Å². The third-order valence-electron chi connectivity index (χ3n) is 2.41. The number of aryl methyl sites for hydroxylation is 1. The smallest absolute Gasteiger partial charge is 0.0945 e. The molecule has 4 heteroatoms. The summed E-state index contributed by atoms with van der Waals surface area (Å²) in [6.45, 7) is 4.77. The fraction of sp³-hybridized carbons (Fsp3) is 0.667. The number of aromatic nitrogens is 2. The predicted molar refractivity (Wildman–Crippen MR) is 49.3 cm³/mol. The first-order chi connectivity index (χ1) is 6.36. The molecule has 0 spiro atoms. The molecule has 1 aliphatic rings. The highest BCUT2D eigenvalue weighted by Crippen LogP contribution is 2.04. The van der Waals surface area contributed by atoms with Gasteiger partial charge in [-0.05, 0) is 0 Å². The van der Waals surface area contributed by atoms with Gasteiger partial charge in [0.25, 0.3) is 0 Å². The molecule has 13 heavy (non-hydrogen) atoms. The van der Waals surface area contributed by atoms with E-state index in [-0.39, 0.29) is 0 Å². The van der Waals surface area contributed by atoms with E-state index in [2.05, 4.69) is 14.5 Å². The summed E-state index contributed by atoms with van der Waals surface area (Å²) in [5.74, 6) is 0. The van der Waals surface area contributed by atoms with Crippen LogP contribution in [0.4, 0.5) is 0 Å². The highest BCUT2D eigenvalue weighted by atomic mass is 16.5. The lowest BCUT2D eigenvalue weighted by Gasteiger charge is -2.26. The summed E-state index contributed by atoms with van der Waals surface area (Å²) in [4.78, 5) is 6.48. The topological polar surface area (TPSA) is 30.3 Å². The van der Waals surface area contributed by atoms with Gasteiger partial charge in [-0.2, -0.15) is 0 Å². The van der Waals surface area contributed by atoms with Gasteiger partial charge in [-0.25, -0.2) is 4.98 Å². The molecule has 4 nitrogen and oxygen atoms in total. The summed E-state index contributed by atoms with van der Waals surface area (Å²) in [5, 5.41) is 0. The van der Waals surface area contributed by atoms with Gasteiger partial charge < -0.3 is 9.30 Å². The zero-order chi connectivity index (χ0) is 9.10. The van der Waals surface area contributed by atoms with Crippen LogP contribution in [0, 0.1) is 0 Å². The monoisotopic (exact) mass is 181 g/mol. The van der Waals surface area contributed by atoms with E-state index < -0.39 is 0 Å². The zero-order valence-corrected chi connectivity index (χ0v) is 7.94. The minimum absolute atomic E-state index is 0.859. The van der Waals surface area contributed by atoms with E-state index in [1.807, 2.05) is 19.6 Å². The maximum atomic E-state index is 5.29. The molecule has 0 N–H and O–H groups in total. The van der Waals surface area contributed by atoms with E-state index in [4.69, 9.17) is 4.74 Å². The van der Waals surface area contributed by atoms with Crippen molar-refractivity contribution in [3.05, 3.63) is 18.2 Å². The third kappa shape index (κ3) is 2.08. The molecule has 2 rings (SSSR count). The lowest BCUT2D eigenvalue weighted by molar-refractivity contribution is 0.0333. The van der Waals surface area contributed by atoms with Crippen molar-refractivity contribution in [1.29, 1.82) is 0 Å². The van der Waals surface area contributed by atoms with Crippen molar-refractivity contribution < 1.29 is 4.74 Å². The lowest BCUT2D eigenvalue weighted by atomic mass is 10.3. The van der Waals surface area contributed by atoms with Gasteiger partial charge in [0.05, 0.1) is 25.2 Å². The molecule has 72 valence electrons. The third-order valence-corrected chi connectivity index (χ3v) is 2.41. The Bertz CT molecular complexity index is 266. The van der Waals surface area contributed by atoms with Gasteiger partial charge in [0.2, 0.25) is 0 Å². The Balaban J connectivity index is 1.93.